The first-order valence-corrected chi connectivity index (χ1v) is 9.10. The van der Waals surface area contributed by atoms with Gasteiger partial charge in [0.2, 0.25) is 0 Å². The van der Waals surface area contributed by atoms with Crippen molar-refractivity contribution >= 4 is 47.4 Å². The third-order valence-corrected chi connectivity index (χ3v) is 5.22. The lowest BCUT2D eigenvalue weighted by molar-refractivity contribution is -0.128. The summed E-state index contributed by atoms with van der Waals surface area (Å²) < 4.78 is 10.6. The van der Waals surface area contributed by atoms with Crippen molar-refractivity contribution in [1.29, 1.82) is 0 Å². The Labute approximate surface area is 168 Å². The Hall–Kier alpha value is -1.44. The predicted molar refractivity (Wildman–Crippen MR) is 107 cm³/mol. The second kappa shape index (κ2) is 10.0. The van der Waals surface area contributed by atoms with Gasteiger partial charge in [0.1, 0.15) is 11.9 Å². The zero-order chi connectivity index (χ0) is 17.6. The van der Waals surface area contributed by atoms with Crippen molar-refractivity contribution in [3.63, 3.8) is 0 Å². The average molecular weight is 415 g/mol. The first-order chi connectivity index (χ1) is 12.2. The van der Waals surface area contributed by atoms with Gasteiger partial charge in [-0.2, -0.15) is 0 Å². The van der Waals surface area contributed by atoms with Crippen LogP contribution in [0.25, 0.3) is 0 Å². The summed E-state index contributed by atoms with van der Waals surface area (Å²) >= 11 is 7.92. The molecular formula is C18H20Cl2N2O3S. The number of methoxy groups -OCH3 is 1. The Morgan fingerprint density at radius 1 is 1.31 bits per heavy atom. The summed E-state index contributed by atoms with van der Waals surface area (Å²) in [5.74, 6) is 0.645. The molecule has 1 aliphatic rings. The van der Waals surface area contributed by atoms with Crippen molar-refractivity contribution in [2.75, 3.05) is 32.1 Å². The molecule has 0 saturated carbocycles. The molecule has 0 bridgehead atoms. The lowest BCUT2D eigenvalue weighted by Gasteiger charge is -2.22. The number of ether oxygens (including phenoxy) is 2. The van der Waals surface area contributed by atoms with Crippen LogP contribution >= 0.6 is 35.8 Å². The van der Waals surface area contributed by atoms with Gasteiger partial charge in [-0.25, -0.2) is 0 Å². The molecule has 26 heavy (non-hydrogen) atoms. The van der Waals surface area contributed by atoms with Crippen LogP contribution in [-0.2, 0) is 9.53 Å². The number of benzene rings is 2. The molecule has 2 aromatic carbocycles. The fraction of sp³-hybridized carbons (Fsp3) is 0.278. The monoisotopic (exact) mass is 414 g/mol. The number of rotatable bonds is 5. The van der Waals surface area contributed by atoms with Crippen molar-refractivity contribution in [1.82, 2.24) is 5.32 Å². The van der Waals surface area contributed by atoms with E-state index in [4.69, 9.17) is 21.1 Å². The van der Waals surface area contributed by atoms with Gasteiger partial charge in [-0.05, 0) is 42.5 Å². The maximum absolute atomic E-state index is 12.2. The molecule has 1 atom stereocenters. The van der Waals surface area contributed by atoms with Crippen LogP contribution < -0.4 is 15.4 Å². The number of amides is 1. The highest BCUT2D eigenvalue weighted by molar-refractivity contribution is 7.99. The summed E-state index contributed by atoms with van der Waals surface area (Å²) in [7, 11) is 1.64. The van der Waals surface area contributed by atoms with Gasteiger partial charge in [-0.3, -0.25) is 4.79 Å². The van der Waals surface area contributed by atoms with Crippen LogP contribution in [0.2, 0.25) is 5.02 Å². The van der Waals surface area contributed by atoms with Crippen molar-refractivity contribution in [3.8, 4) is 5.75 Å². The number of carbonyl (C=O) groups excluding carboxylic acids is 1. The van der Waals surface area contributed by atoms with Gasteiger partial charge in [0, 0.05) is 28.6 Å². The Morgan fingerprint density at radius 3 is 2.69 bits per heavy atom. The van der Waals surface area contributed by atoms with E-state index >= 15 is 0 Å². The van der Waals surface area contributed by atoms with E-state index in [1.165, 1.54) is 0 Å². The molecule has 2 aromatic rings. The third kappa shape index (κ3) is 5.53. The van der Waals surface area contributed by atoms with E-state index < -0.39 is 6.10 Å². The molecule has 1 amide bonds. The molecule has 140 valence electrons. The van der Waals surface area contributed by atoms with Crippen LogP contribution in [0.15, 0.2) is 52.3 Å². The quantitative estimate of drug-likeness (QED) is 0.777. The van der Waals surface area contributed by atoms with Gasteiger partial charge in [-0.15, -0.1) is 12.4 Å². The highest BCUT2D eigenvalue weighted by atomic mass is 35.5. The van der Waals surface area contributed by atoms with Crippen LogP contribution in [0.3, 0.4) is 0 Å². The lowest BCUT2D eigenvalue weighted by Crippen LogP contribution is -2.45. The van der Waals surface area contributed by atoms with Crippen LogP contribution in [0.1, 0.15) is 0 Å². The molecule has 1 heterocycles. The molecule has 0 aliphatic carbocycles. The van der Waals surface area contributed by atoms with Crippen molar-refractivity contribution in [2.45, 2.75) is 15.9 Å². The molecule has 1 aliphatic heterocycles. The Kier molecular flexibility index (Phi) is 8.06. The number of halogens is 2. The Morgan fingerprint density at radius 2 is 2.08 bits per heavy atom. The normalized spacial score (nSPS) is 16.5. The molecule has 5 nitrogen and oxygen atoms in total. The molecular weight excluding hydrogens is 395 g/mol. The number of morpholine rings is 1. The minimum atomic E-state index is -0.471. The van der Waals surface area contributed by atoms with Gasteiger partial charge in [0.25, 0.3) is 5.91 Å². The molecule has 0 radical (unpaired) electrons. The largest absolute Gasteiger partial charge is 0.497 e. The van der Waals surface area contributed by atoms with E-state index in [2.05, 4.69) is 10.6 Å². The van der Waals surface area contributed by atoms with E-state index in [1.54, 1.807) is 24.9 Å². The topological polar surface area (TPSA) is 59.6 Å². The zero-order valence-corrected chi connectivity index (χ0v) is 16.5. The van der Waals surface area contributed by atoms with Gasteiger partial charge in [0.15, 0.2) is 0 Å². The van der Waals surface area contributed by atoms with Gasteiger partial charge in [-0.1, -0.05) is 23.4 Å². The maximum Gasteiger partial charge on any atom is 0.254 e. The van der Waals surface area contributed by atoms with Crippen LogP contribution in [-0.4, -0.2) is 38.8 Å². The summed E-state index contributed by atoms with van der Waals surface area (Å²) in [5, 5.41) is 6.56. The molecule has 1 saturated heterocycles. The third-order valence-electron chi connectivity index (χ3n) is 3.71. The molecule has 2 N–H and O–H groups in total. The maximum atomic E-state index is 12.2. The van der Waals surface area contributed by atoms with Gasteiger partial charge < -0.3 is 20.1 Å². The summed E-state index contributed by atoms with van der Waals surface area (Å²) in [5.41, 5.74) is 0.656. The first-order valence-electron chi connectivity index (χ1n) is 7.90. The van der Waals surface area contributed by atoms with Crippen LogP contribution in [0, 0.1) is 0 Å². The zero-order valence-electron chi connectivity index (χ0n) is 14.2. The summed E-state index contributed by atoms with van der Waals surface area (Å²) in [4.78, 5) is 14.2. The molecule has 3 rings (SSSR count). The second-order valence-corrected chi connectivity index (χ2v) is 7.00. The number of anilines is 1. The van der Waals surface area contributed by atoms with E-state index in [9.17, 15) is 4.79 Å². The smallest absolute Gasteiger partial charge is 0.254 e. The van der Waals surface area contributed by atoms with E-state index in [0.717, 1.165) is 22.1 Å². The number of nitrogens with one attached hydrogen (secondary N) is 2. The Balaban J connectivity index is 0.00000243. The fourth-order valence-corrected chi connectivity index (χ4v) is 3.50. The molecule has 0 spiro atoms. The summed E-state index contributed by atoms with van der Waals surface area (Å²) in [6.45, 7) is 1.83. The van der Waals surface area contributed by atoms with E-state index in [0.29, 0.717) is 23.9 Å². The lowest BCUT2D eigenvalue weighted by atomic mass is 10.2. The molecule has 1 unspecified atom stereocenters. The molecule has 8 heteroatoms. The fourth-order valence-electron chi connectivity index (χ4n) is 2.39. The molecule has 0 aromatic heterocycles. The van der Waals surface area contributed by atoms with Crippen molar-refractivity contribution in [3.05, 3.63) is 47.5 Å². The SMILES string of the molecule is COc1ccc(Sc2ccc(NC(=O)C3CNCCO3)cc2Cl)cc1.Cl. The minimum Gasteiger partial charge on any atom is -0.497 e. The second-order valence-electron chi connectivity index (χ2n) is 5.48. The predicted octanol–water partition coefficient (Wildman–Crippen LogP) is 3.85. The highest BCUT2D eigenvalue weighted by Crippen LogP contribution is 2.35. The average Bonchev–Trinajstić information content (AvgIpc) is 2.65. The van der Waals surface area contributed by atoms with E-state index in [-0.39, 0.29) is 18.3 Å². The first kappa shape index (κ1) is 20.9. The van der Waals surface area contributed by atoms with Gasteiger partial charge >= 0.3 is 0 Å². The summed E-state index contributed by atoms with van der Waals surface area (Å²) in [6, 6.07) is 13.2. The van der Waals surface area contributed by atoms with E-state index in [1.807, 2.05) is 36.4 Å². The van der Waals surface area contributed by atoms with Crippen molar-refractivity contribution in [2.24, 2.45) is 0 Å². The van der Waals surface area contributed by atoms with Crippen LogP contribution in [0.4, 0.5) is 5.69 Å². The highest BCUT2D eigenvalue weighted by Gasteiger charge is 2.21. The Bertz CT molecular complexity index is 738. The summed E-state index contributed by atoms with van der Waals surface area (Å²) in [6.07, 6.45) is -0.471. The standard InChI is InChI=1S/C18H19ClN2O3S.ClH/c1-23-13-3-5-14(6-4-13)25-17-7-2-12(10-15(17)19)21-18(22)16-11-20-8-9-24-16;/h2-7,10,16,20H,8-9,11H2,1H3,(H,21,22);1H. The molecule has 1 fully saturated rings. The van der Waals surface area contributed by atoms with Gasteiger partial charge in [0.05, 0.1) is 18.7 Å². The van der Waals surface area contributed by atoms with Crippen molar-refractivity contribution < 1.29 is 14.3 Å². The number of carbonyl (C=O) groups is 1. The number of hydrogen-bond donors (Lipinski definition) is 2. The van der Waals surface area contributed by atoms with Crippen LogP contribution in [0.5, 0.6) is 5.75 Å². The minimum absolute atomic E-state index is 0. The number of hydrogen-bond acceptors (Lipinski definition) is 5.